The highest BCUT2D eigenvalue weighted by Crippen LogP contribution is 2.22. The van der Waals surface area contributed by atoms with Crippen molar-refractivity contribution in [3.8, 4) is 0 Å². The highest BCUT2D eigenvalue weighted by atomic mass is 16.4. The van der Waals surface area contributed by atoms with Crippen LogP contribution in [0.4, 0.5) is 5.69 Å². The van der Waals surface area contributed by atoms with Gasteiger partial charge in [-0.15, -0.1) is 0 Å². The average molecular weight is 259 g/mol. The summed E-state index contributed by atoms with van der Waals surface area (Å²) in [5.74, 6) is -0.818. The van der Waals surface area contributed by atoms with Crippen LogP contribution in [0.2, 0.25) is 0 Å². The Morgan fingerprint density at radius 3 is 2.58 bits per heavy atom. The molecule has 0 aromatic heterocycles. The lowest BCUT2D eigenvalue weighted by Gasteiger charge is -2.13. The molecule has 0 atom stereocenters. The van der Waals surface area contributed by atoms with Gasteiger partial charge in [-0.2, -0.15) is 0 Å². The number of aryl methyl sites for hydroxylation is 1. The average Bonchev–Trinajstić information content (AvgIpc) is 2.91. The number of hydrogen-bond donors (Lipinski definition) is 2. The van der Waals surface area contributed by atoms with Gasteiger partial charge in [-0.05, 0) is 30.9 Å². The van der Waals surface area contributed by atoms with E-state index in [0.717, 1.165) is 24.1 Å². The maximum atomic E-state index is 12.0. The first-order chi connectivity index (χ1) is 9.16. The predicted molar refractivity (Wildman–Crippen MR) is 72.9 cm³/mol. The molecule has 100 valence electrons. The predicted octanol–water partition coefficient (Wildman–Crippen LogP) is 2.61. The van der Waals surface area contributed by atoms with Gasteiger partial charge in [0, 0.05) is 18.0 Å². The van der Waals surface area contributed by atoms with Gasteiger partial charge in [0.2, 0.25) is 5.91 Å². The zero-order valence-electron chi connectivity index (χ0n) is 10.6. The molecule has 1 aliphatic rings. The van der Waals surface area contributed by atoms with Gasteiger partial charge in [0.05, 0.1) is 0 Å². The molecule has 1 aromatic rings. The van der Waals surface area contributed by atoms with Gasteiger partial charge in [0.1, 0.15) is 0 Å². The van der Waals surface area contributed by atoms with Crippen molar-refractivity contribution < 1.29 is 14.7 Å². The molecular formula is C15H17NO3. The van der Waals surface area contributed by atoms with Crippen LogP contribution in [0.3, 0.4) is 0 Å². The summed E-state index contributed by atoms with van der Waals surface area (Å²) in [6.07, 6.45) is 6.08. The number of hydrogen-bond acceptors (Lipinski definition) is 2. The standard InChI is InChI=1S/C15H17NO3/c17-14(18)10-9-11-5-3-4-8-13(11)16-15(19)12-6-1-2-7-12/h1-5,8,12H,6-7,9-10H2,(H,16,19)(H,17,18). The minimum Gasteiger partial charge on any atom is -0.481 e. The van der Waals surface area contributed by atoms with Gasteiger partial charge >= 0.3 is 5.97 Å². The van der Waals surface area contributed by atoms with Gasteiger partial charge < -0.3 is 10.4 Å². The summed E-state index contributed by atoms with van der Waals surface area (Å²) in [5, 5.41) is 11.6. The van der Waals surface area contributed by atoms with E-state index in [1.165, 1.54) is 0 Å². The summed E-state index contributed by atoms with van der Waals surface area (Å²) in [7, 11) is 0. The van der Waals surface area contributed by atoms with Gasteiger partial charge in [0.25, 0.3) is 0 Å². The van der Waals surface area contributed by atoms with E-state index < -0.39 is 5.97 Å². The van der Waals surface area contributed by atoms with E-state index >= 15 is 0 Å². The van der Waals surface area contributed by atoms with Crippen LogP contribution in [0, 0.1) is 5.92 Å². The lowest BCUT2D eigenvalue weighted by Crippen LogP contribution is -2.21. The summed E-state index contributed by atoms with van der Waals surface area (Å²) in [6, 6.07) is 7.36. The zero-order chi connectivity index (χ0) is 13.7. The first kappa shape index (κ1) is 13.3. The minimum absolute atomic E-state index is 0.00697. The molecule has 2 rings (SSSR count). The van der Waals surface area contributed by atoms with Crippen molar-refractivity contribution in [1.82, 2.24) is 0 Å². The number of allylic oxidation sites excluding steroid dienone is 2. The Balaban J connectivity index is 2.02. The zero-order valence-corrected chi connectivity index (χ0v) is 10.6. The molecule has 0 saturated heterocycles. The number of nitrogens with one attached hydrogen (secondary N) is 1. The van der Waals surface area contributed by atoms with E-state index in [1.807, 2.05) is 36.4 Å². The third-order valence-corrected chi connectivity index (χ3v) is 3.26. The smallest absolute Gasteiger partial charge is 0.303 e. The molecule has 0 heterocycles. The second-order valence-corrected chi connectivity index (χ2v) is 4.68. The Hall–Kier alpha value is -2.10. The number of aliphatic carboxylic acids is 1. The molecule has 0 saturated carbocycles. The van der Waals surface area contributed by atoms with E-state index in [1.54, 1.807) is 0 Å². The van der Waals surface area contributed by atoms with Crippen LogP contribution >= 0.6 is 0 Å². The molecule has 1 aromatic carbocycles. The quantitative estimate of drug-likeness (QED) is 0.799. The molecule has 0 bridgehead atoms. The Morgan fingerprint density at radius 2 is 1.89 bits per heavy atom. The molecule has 1 aliphatic carbocycles. The highest BCUT2D eigenvalue weighted by molar-refractivity contribution is 5.93. The van der Waals surface area contributed by atoms with Crippen LogP contribution in [0.15, 0.2) is 36.4 Å². The molecule has 0 unspecified atom stereocenters. The van der Waals surface area contributed by atoms with Crippen molar-refractivity contribution in [2.45, 2.75) is 25.7 Å². The molecule has 0 radical (unpaired) electrons. The summed E-state index contributed by atoms with van der Waals surface area (Å²) < 4.78 is 0. The van der Waals surface area contributed by atoms with Crippen LogP contribution < -0.4 is 5.32 Å². The maximum Gasteiger partial charge on any atom is 0.303 e. The lowest BCUT2D eigenvalue weighted by atomic mass is 10.0. The number of carboxylic acids is 1. The Bertz CT molecular complexity index is 500. The number of carbonyl (C=O) groups is 2. The fourth-order valence-corrected chi connectivity index (χ4v) is 2.17. The monoisotopic (exact) mass is 259 g/mol. The first-order valence-corrected chi connectivity index (χ1v) is 6.42. The van der Waals surface area contributed by atoms with Crippen molar-refractivity contribution in [3.63, 3.8) is 0 Å². The normalized spacial score (nSPS) is 14.5. The van der Waals surface area contributed by atoms with Crippen molar-refractivity contribution in [2.24, 2.45) is 5.92 Å². The number of carboxylic acid groups (broad SMARTS) is 1. The molecule has 0 spiro atoms. The Morgan fingerprint density at radius 1 is 1.21 bits per heavy atom. The molecule has 2 N–H and O–H groups in total. The Labute approximate surface area is 112 Å². The number of rotatable bonds is 5. The maximum absolute atomic E-state index is 12.0. The van der Waals surface area contributed by atoms with E-state index in [2.05, 4.69) is 5.32 Å². The summed E-state index contributed by atoms with van der Waals surface area (Å²) in [4.78, 5) is 22.7. The SMILES string of the molecule is O=C(O)CCc1ccccc1NC(=O)C1CC=CC1. The van der Waals surface area contributed by atoms with Crippen LogP contribution in [0.25, 0.3) is 0 Å². The fraction of sp³-hybridized carbons (Fsp3) is 0.333. The molecule has 0 fully saturated rings. The summed E-state index contributed by atoms with van der Waals surface area (Å²) in [6.45, 7) is 0. The van der Waals surface area contributed by atoms with Gasteiger partial charge in [0.15, 0.2) is 0 Å². The lowest BCUT2D eigenvalue weighted by molar-refractivity contribution is -0.137. The third-order valence-electron chi connectivity index (χ3n) is 3.26. The number of para-hydroxylation sites is 1. The van der Waals surface area contributed by atoms with Gasteiger partial charge in [-0.25, -0.2) is 0 Å². The van der Waals surface area contributed by atoms with Crippen molar-refractivity contribution in [2.75, 3.05) is 5.32 Å². The highest BCUT2D eigenvalue weighted by Gasteiger charge is 2.19. The van der Waals surface area contributed by atoms with Crippen LogP contribution in [-0.4, -0.2) is 17.0 Å². The number of benzene rings is 1. The third kappa shape index (κ3) is 3.68. The van der Waals surface area contributed by atoms with Crippen molar-refractivity contribution >= 4 is 17.6 Å². The molecule has 19 heavy (non-hydrogen) atoms. The molecule has 0 aliphatic heterocycles. The van der Waals surface area contributed by atoms with Crippen LogP contribution in [0.1, 0.15) is 24.8 Å². The molecule has 1 amide bonds. The first-order valence-electron chi connectivity index (χ1n) is 6.42. The molecular weight excluding hydrogens is 242 g/mol. The molecule has 4 heteroatoms. The van der Waals surface area contributed by atoms with Crippen LogP contribution in [-0.2, 0) is 16.0 Å². The van der Waals surface area contributed by atoms with Crippen molar-refractivity contribution in [3.05, 3.63) is 42.0 Å². The minimum atomic E-state index is -0.832. The van der Waals surface area contributed by atoms with Crippen molar-refractivity contribution in [1.29, 1.82) is 0 Å². The van der Waals surface area contributed by atoms with Gasteiger partial charge in [-0.1, -0.05) is 30.4 Å². The Kier molecular flexibility index (Phi) is 4.34. The summed E-state index contributed by atoms with van der Waals surface area (Å²) >= 11 is 0. The van der Waals surface area contributed by atoms with E-state index in [9.17, 15) is 9.59 Å². The largest absolute Gasteiger partial charge is 0.481 e. The van der Waals surface area contributed by atoms with E-state index in [4.69, 9.17) is 5.11 Å². The van der Waals surface area contributed by atoms with Gasteiger partial charge in [-0.3, -0.25) is 9.59 Å². The van der Waals surface area contributed by atoms with E-state index in [0.29, 0.717) is 6.42 Å². The fourth-order valence-electron chi connectivity index (χ4n) is 2.17. The topological polar surface area (TPSA) is 66.4 Å². The van der Waals surface area contributed by atoms with Crippen LogP contribution in [0.5, 0.6) is 0 Å². The number of amides is 1. The summed E-state index contributed by atoms with van der Waals surface area (Å²) in [5.41, 5.74) is 1.59. The second kappa shape index (κ2) is 6.18. The molecule has 4 nitrogen and oxygen atoms in total. The second-order valence-electron chi connectivity index (χ2n) is 4.68. The number of carbonyl (C=O) groups excluding carboxylic acids is 1. The number of anilines is 1. The van der Waals surface area contributed by atoms with E-state index in [-0.39, 0.29) is 18.2 Å².